The molecule has 0 aromatic heterocycles. The van der Waals surface area contributed by atoms with Gasteiger partial charge >= 0.3 is 0 Å². The molecule has 2 aromatic rings. The normalized spacial score (nSPS) is 20.2. The first-order chi connectivity index (χ1) is 13.6. The molecule has 5 nitrogen and oxygen atoms in total. The molecular weight excluding hydrogens is 386 g/mol. The number of piperidine rings is 1. The van der Waals surface area contributed by atoms with Gasteiger partial charge in [0.15, 0.2) is 0 Å². The summed E-state index contributed by atoms with van der Waals surface area (Å²) in [5, 5.41) is 9.47. The second kappa shape index (κ2) is 8.97. The number of hydrogen-bond donors (Lipinski definition) is 3. The number of benzene rings is 2. The van der Waals surface area contributed by atoms with Gasteiger partial charge in [-0.1, -0.05) is 30.3 Å². The van der Waals surface area contributed by atoms with Crippen molar-refractivity contribution in [2.24, 2.45) is 11.3 Å². The topological polar surface area (TPSA) is 70.2 Å². The van der Waals surface area contributed by atoms with Crippen LogP contribution in [0.25, 0.3) is 0 Å². The van der Waals surface area contributed by atoms with E-state index in [9.17, 15) is 9.59 Å². The molecule has 2 aromatic carbocycles. The molecule has 3 N–H and O–H groups in total. The molecular formula is C23H28ClN3O2. The molecule has 2 unspecified atom stereocenters. The SMILES string of the molecule is CC(NC(=O)C1CC12CCNCC2)c1cccc(NC(=O)c2ccccc2)c1.Cl. The summed E-state index contributed by atoms with van der Waals surface area (Å²) < 4.78 is 0. The number of amides is 2. The summed E-state index contributed by atoms with van der Waals surface area (Å²) in [6.45, 7) is 4.03. The summed E-state index contributed by atoms with van der Waals surface area (Å²) in [6.07, 6.45) is 3.21. The lowest BCUT2D eigenvalue weighted by atomic mass is 9.91. The Labute approximate surface area is 178 Å². The summed E-state index contributed by atoms with van der Waals surface area (Å²) in [7, 11) is 0. The van der Waals surface area contributed by atoms with Gasteiger partial charge in [-0.2, -0.15) is 0 Å². The fraction of sp³-hybridized carbons (Fsp3) is 0.391. The van der Waals surface area contributed by atoms with Crippen LogP contribution in [0.5, 0.6) is 0 Å². The summed E-state index contributed by atoms with van der Waals surface area (Å²) in [4.78, 5) is 25.1. The number of hydrogen-bond acceptors (Lipinski definition) is 3. The van der Waals surface area contributed by atoms with E-state index in [0.29, 0.717) is 5.56 Å². The molecule has 2 fully saturated rings. The Bertz CT molecular complexity index is 865. The van der Waals surface area contributed by atoms with Gasteiger partial charge in [-0.05, 0) is 74.5 Å². The van der Waals surface area contributed by atoms with Gasteiger partial charge in [-0.3, -0.25) is 9.59 Å². The van der Waals surface area contributed by atoms with Gasteiger partial charge in [0.25, 0.3) is 5.91 Å². The van der Waals surface area contributed by atoms with E-state index >= 15 is 0 Å². The summed E-state index contributed by atoms with van der Waals surface area (Å²) in [5.74, 6) is 0.173. The molecule has 2 amide bonds. The number of carbonyl (C=O) groups excluding carboxylic acids is 2. The number of carbonyl (C=O) groups is 2. The van der Waals surface area contributed by atoms with Gasteiger partial charge in [0.1, 0.15) is 0 Å². The van der Waals surface area contributed by atoms with E-state index in [1.807, 2.05) is 49.4 Å². The summed E-state index contributed by atoms with van der Waals surface area (Å²) in [6, 6.07) is 16.7. The zero-order chi connectivity index (χ0) is 19.6. The fourth-order valence-corrected chi connectivity index (χ4v) is 4.27. The Kier molecular flexibility index (Phi) is 6.60. The lowest BCUT2D eigenvalue weighted by molar-refractivity contribution is -0.123. The summed E-state index contributed by atoms with van der Waals surface area (Å²) >= 11 is 0. The maximum Gasteiger partial charge on any atom is 0.255 e. The molecule has 1 saturated carbocycles. The van der Waals surface area contributed by atoms with Crippen LogP contribution in [0.4, 0.5) is 5.69 Å². The lowest BCUT2D eigenvalue weighted by Gasteiger charge is -2.24. The molecule has 2 atom stereocenters. The van der Waals surface area contributed by atoms with Crippen molar-refractivity contribution in [1.29, 1.82) is 0 Å². The standard InChI is InChI=1S/C23H27N3O2.ClH/c1-16(25-22(28)20-15-23(20)10-12-24-13-11-23)18-8-5-9-19(14-18)26-21(27)17-6-3-2-4-7-17;/h2-9,14,16,20,24H,10-13,15H2,1H3,(H,25,28)(H,26,27);1H. The van der Waals surface area contributed by atoms with Crippen molar-refractivity contribution in [2.45, 2.75) is 32.2 Å². The molecule has 4 rings (SSSR count). The average molecular weight is 414 g/mol. The van der Waals surface area contributed by atoms with Crippen LogP contribution in [0.2, 0.25) is 0 Å². The molecule has 1 saturated heterocycles. The van der Waals surface area contributed by atoms with Crippen molar-refractivity contribution in [2.75, 3.05) is 18.4 Å². The van der Waals surface area contributed by atoms with Crippen LogP contribution >= 0.6 is 12.4 Å². The van der Waals surface area contributed by atoms with E-state index in [4.69, 9.17) is 0 Å². The molecule has 0 bridgehead atoms. The van der Waals surface area contributed by atoms with Gasteiger partial charge in [0.05, 0.1) is 6.04 Å². The average Bonchev–Trinajstić information content (AvgIpc) is 3.42. The Hall–Kier alpha value is -2.37. The van der Waals surface area contributed by atoms with Crippen molar-refractivity contribution in [3.05, 3.63) is 65.7 Å². The highest BCUT2D eigenvalue weighted by atomic mass is 35.5. The fourth-order valence-electron chi connectivity index (χ4n) is 4.27. The Balaban J connectivity index is 0.00000240. The van der Waals surface area contributed by atoms with Crippen LogP contribution in [0.3, 0.4) is 0 Å². The summed E-state index contributed by atoms with van der Waals surface area (Å²) in [5.41, 5.74) is 2.57. The number of halogens is 1. The van der Waals surface area contributed by atoms with Crippen LogP contribution in [0, 0.1) is 11.3 Å². The highest BCUT2D eigenvalue weighted by molar-refractivity contribution is 6.04. The van der Waals surface area contributed by atoms with Crippen LogP contribution in [-0.2, 0) is 4.79 Å². The first kappa shape index (κ1) is 21.3. The van der Waals surface area contributed by atoms with E-state index in [-0.39, 0.29) is 41.6 Å². The van der Waals surface area contributed by atoms with Crippen LogP contribution in [0.1, 0.15) is 48.1 Å². The largest absolute Gasteiger partial charge is 0.349 e. The highest BCUT2D eigenvalue weighted by Gasteiger charge is 2.57. The highest BCUT2D eigenvalue weighted by Crippen LogP contribution is 2.58. The minimum absolute atomic E-state index is 0. The second-order valence-corrected chi connectivity index (χ2v) is 8.04. The zero-order valence-electron chi connectivity index (χ0n) is 16.6. The Morgan fingerprint density at radius 2 is 1.79 bits per heavy atom. The Morgan fingerprint density at radius 3 is 2.52 bits per heavy atom. The third kappa shape index (κ3) is 4.80. The molecule has 1 spiro atoms. The monoisotopic (exact) mass is 413 g/mol. The van der Waals surface area contributed by atoms with Gasteiger partial charge in [-0.15, -0.1) is 12.4 Å². The molecule has 154 valence electrons. The zero-order valence-corrected chi connectivity index (χ0v) is 17.4. The van der Waals surface area contributed by atoms with Crippen molar-refractivity contribution < 1.29 is 9.59 Å². The van der Waals surface area contributed by atoms with Crippen LogP contribution in [0.15, 0.2) is 54.6 Å². The van der Waals surface area contributed by atoms with E-state index in [1.165, 1.54) is 0 Å². The first-order valence-electron chi connectivity index (χ1n) is 10.0. The molecule has 1 aliphatic heterocycles. The van der Waals surface area contributed by atoms with Crippen molar-refractivity contribution in [3.63, 3.8) is 0 Å². The van der Waals surface area contributed by atoms with E-state index in [0.717, 1.165) is 43.6 Å². The van der Waals surface area contributed by atoms with E-state index in [1.54, 1.807) is 12.1 Å². The maximum atomic E-state index is 12.7. The molecule has 1 heterocycles. The predicted molar refractivity (Wildman–Crippen MR) is 117 cm³/mol. The van der Waals surface area contributed by atoms with E-state index < -0.39 is 0 Å². The molecule has 6 heteroatoms. The number of nitrogens with one attached hydrogen (secondary N) is 3. The Morgan fingerprint density at radius 1 is 1.07 bits per heavy atom. The first-order valence-corrected chi connectivity index (χ1v) is 10.0. The predicted octanol–water partition coefficient (Wildman–Crippen LogP) is 3.93. The maximum absolute atomic E-state index is 12.7. The molecule has 0 radical (unpaired) electrons. The van der Waals surface area contributed by atoms with Crippen molar-refractivity contribution >= 4 is 29.9 Å². The van der Waals surface area contributed by atoms with Crippen LogP contribution < -0.4 is 16.0 Å². The van der Waals surface area contributed by atoms with E-state index in [2.05, 4.69) is 16.0 Å². The number of anilines is 1. The lowest BCUT2D eigenvalue weighted by Crippen LogP contribution is -2.34. The quantitative estimate of drug-likeness (QED) is 0.695. The smallest absolute Gasteiger partial charge is 0.255 e. The van der Waals surface area contributed by atoms with Gasteiger partial charge in [-0.25, -0.2) is 0 Å². The minimum Gasteiger partial charge on any atom is -0.349 e. The van der Waals surface area contributed by atoms with Gasteiger partial charge in [0, 0.05) is 17.2 Å². The van der Waals surface area contributed by atoms with Gasteiger partial charge in [0.2, 0.25) is 5.91 Å². The van der Waals surface area contributed by atoms with Crippen LogP contribution in [-0.4, -0.2) is 24.9 Å². The second-order valence-electron chi connectivity index (χ2n) is 8.04. The molecule has 2 aliphatic rings. The molecule has 1 aliphatic carbocycles. The third-order valence-electron chi connectivity index (χ3n) is 6.14. The third-order valence-corrected chi connectivity index (χ3v) is 6.14. The molecule has 29 heavy (non-hydrogen) atoms. The van der Waals surface area contributed by atoms with Gasteiger partial charge < -0.3 is 16.0 Å². The number of rotatable bonds is 5. The minimum atomic E-state index is -0.139. The van der Waals surface area contributed by atoms with Crippen molar-refractivity contribution in [3.8, 4) is 0 Å². The van der Waals surface area contributed by atoms with Crippen molar-refractivity contribution in [1.82, 2.24) is 10.6 Å².